The number of phenols is 1. The number of hydrogen-bond donors (Lipinski definition) is 1. The van der Waals surface area contributed by atoms with Gasteiger partial charge in [0.2, 0.25) is 0 Å². The summed E-state index contributed by atoms with van der Waals surface area (Å²) in [5.74, 6) is 0.593. The molecular weight excluding hydrogens is 282 g/mol. The zero-order valence-electron chi connectivity index (χ0n) is 13.5. The quantitative estimate of drug-likeness (QED) is 0.909. The van der Waals surface area contributed by atoms with Crippen molar-refractivity contribution < 1.29 is 19.4 Å². The summed E-state index contributed by atoms with van der Waals surface area (Å²) in [6, 6.07) is 5.41. The van der Waals surface area contributed by atoms with Gasteiger partial charge in [0, 0.05) is 18.7 Å². The molecule has 22 heavy (non-hydrogen) atoms. The van der Waals surface area contributed by atoms with Gasteiger partial charge in [0.15, 0.2) is 11.5 Å². The lowest BCUT2D eigenvalue weighted by atomic mass is 9.98. The Balaban J connectivity index is 2.11. The standard InChI is InChI=1S/C17H23NO4/c1-17(2,3)22-16(20)18-10-8-12(9-11-18)13-6-5-7-14(21-4)15(13)19/h5-8,19H,9-11H2,1-4H3. The van der Waals surface area contributed by atoms with Crippen LogP contribution in [0.4, 0.5) is 4.79 Å². The number of phenolic OH excluding ortho intramolecular Hbond substituents is 1. The Labute approximate surface area is 131 Å². The third-order valence-corrected chi connectivity index (χ3v) is 3.43. The zero-order valence-corrected chi connectivity index (χ0v) is 13.5. The summed E-state index contributed by atoms with van der Waals surface area (Å²) < 4.78 is 10.5. The molecule has 0 bridgehead atoms. The van der Waals surface area contributed by atoms with Crippen LogP contribution in [0.25, 0.3) is 5.57 Å². The SMILES string of the molecule is COc1cccc(C2=CCN(C(=O)OC(C)(C)C)CC2)c1O. The van der Waals surface area contributed by atoms with Crippen LogP contribution in [-0.2, 0) is 4.74 Å². The summed E-state index contributed by atoms with van der Waals surface area (Å²) in [6.07, 6.45) is 2.31. The number of ether oxygens (including phenoxy) is 2. The van der Waals surface area contributed by atoms with E-state index in [1.54, 1.807) is 11.0 Å². The highest BCUT2D eigenvalue weighted by molar-refractivity contribution is 5.76. The van der Waals surface area contributed by atoms with Crippen LogP contribution < -0.4 is 4.74 Å². The van der Waals surface area contributed by atoms with Gasteiger partial charge < -0.3 is 19.5 Å². The Hall–Kier alpha value is -2.17. The van der Waals surface area contributed by atoms with E-state index in [9.17, 15) is 9.90 Å². The Bertz CT molecular complexity index is 587. The molecule has 1 aliphatic rings. The van der Waals surface area contributed by atoms with Crippen molar-refractivity contribution in [1.82, 2.24) is 4.90 Å². The van der Waals surface area contributed by atoms with E-state index >= 15 is 0 Å². The van der Waals surface area contributed by atoms with Crippen LogP contribution in [-0.4, -0.2) is 41.9 Å². The van der Waals surface area contributed by atoms with Crippen LogP contribution in [0.2, 0.25) is 0 Å². The van der Waals surface area contributed by atoms with Gasteiger partial charge in [-0.3, -0.25) is 0 Å². The molecule has 1 amide bonds. The number of benzene rings is 1. The van der Waals surface area contributed by atoms with Crippen molar-refractivity contribution in [2.24, 2.45) is 0 Å². The van der Waals surface area contributed by atoms with Crippen LogP contribution in [0.15, 0.2) is 24.3 Å². The maximum atomic E-state index is 12.0. The number of rotatable bonds is 2. The number of methoxy groups -OCH3 is 1. The molecule has 1 aromatic carbocycles. The Morgan fingerprint density at radius 1 is 1.32 bits per heavy atom. The summed E-state index contributed by atoms with van der Waals surface area (Å²) in [7, 11) is 1.53. The lowest BCUT2D eigenvalue weighted by Gasteiger charge is -2.29. The van der Waals surface area contributed by atoms with E-state index < -0.39 is 5.60 Å². The molecule has 0 saturated heterocycles. The van der Waals surface area contributed by atoms with E-state index in [4.69, 9.17) is 9.47 Å². The molecule has 0 aliphatic carbocycles. The molecule has 0 aromatic heterocycles. The third kappa shape index (κ3) is 3.72. The Morgan fingerprint density at radius 2 is 2.05 bits per heavy atom. The average molecular weight is 305 g/mol. The molecule has 5 heteroatoms. The number of carbonyl (C=O) groups excluding carboxylic acids is 1. The lowest BCUT2D eigenvalue weighted by Crippen LogP contribution is -2.39. The second kappa shape index (κ2) is 6.30. The van der Waals surface area contributed by atoms with Gasteiger partial charge >= 0.3 is 6.09 Å². The number of amides is 1. The smallest absolute Gasteiger partial charge is 0.410 e. The lowest BCUT2D eigenvalue weighted by molar-refractivity contribution is 0.0270. The maximum Gasteiger partial charge on any atom is 0.410 e. The second-order valence-electron chi connectivity index (χ2n) is 6.26. The Kier molecular flexibility index (Phi) is 4.64. The van der Waals surface area contributed by atoms with Gasteiger partial charge in [-0.1, -0.05) is 18.2 Å². The Morgan fingerprint density at radius 3 is 2.59 bits per heavy atom. The largest absolute Gasteiger partial charge is 0.504 e. The fourth-order valence-corrected chi connectivity index (χ4v) is 2.35. The van der Waals surface area contributed by atoms with E-state index in [0.29, 0.717) is 25.3 Å². The number of aromatic hydroxyl groups is 1. The fraction of sp³-hybridized carbons (Fsp3) is 0.471. The first-order valence-corrected chi connectivity index (χ1v) is 7.35. The molecule has 0 fully saturated rings. The molecule has 5 nitrogen and oxygen atoms in total. The summed E-state index contributed by atoms with van der Waals surface area (Å²) in [5.41, 5.74) is 1.27. The van der Waals surface area contributed by atoms with Crippen molar-refractivity contribution in [3.8, 4) is 11.5 Å². The van der Waals surface area contributed by atoms with Crippen molar-refractivity contribution in [3.05, 3.63) is 29.8 Å². The van der Waals surface area contributed by atoms with Crippen molar-refractivity contribution >= 4 is 11.7 Å². The van der Waals surface area contributed by atoms with Gasteiger partial charge in [0.1, 0.15) is 5.60 Å². The molecular formula is C17H23NO4. The van der Waals surface area contributed by atoms with Crippen molar-refractivity contribution in [3.63, 3.8) is 0 Å². The number of nitrogens with zero attached hydrogens (tertiary/aromatic N) is 1. The maximum absolute atomic E-state index is 12.0. The molecule has 1 aliphatic heterocycles. The molecule has 1 heterocycles. The normalized spacial score (nSPS) is 15.3. The highest BCUT2D eigenvalue weighted by Crippen LogP contribution is 2.36. The van der Waals surface area contributed by atoms with Crippen LogP contribution in [0.1, 0.15) is 32.8 Å². The molecule has 0 spiro atoms. The topological polar surface area (TPSA) is 59.0 Å². The summed E-state index contributed by atoms with van der Waals surface area (Å²) >= 11 is 0. The highest BCUT2D eigenvalue weighted by atomic mass is 16.6. The van der Waals surface area contributed by atoms with E-state index in [1.165, 1.54) is 7.11 Å². The summed E-state index contributed by atoms with van der Waals surface area (Å²) in [5, 5.41) is 10.2. The van der Waals surface area contributed by atoms with E-state index in [-0.39, 0.29) is 11.8 Å². The number of para-hydroxylation sites is 1. The molecule has 0 atom stereocenters. The van der Waals surface area contributed by atoms with Gasteiger partial charge in [-0.25, -0.2) is 4.79 Å². The molecule has 0 unspecified atom stereocenters. The zero-order chi connectivity index (χ0) is 16.3. The van der Waals surface area contributed by atoms with Gasteiger partial charge in [-0.05, 0) is 38.8 Å². The first-order chi connectivity index (χ1) is 10.3. The van der Waals surface area contributed by atoms with Gasteiger partial charge in [-0.15, -0.1) is 0 Å². The fourth-order valence-electron chi connectivity index (χ4n) is 2.35. The van der Waals surface area contributed by atoms with Crippen molar-refractivity contribution in [2.45, 2.75) is 32.8 Å². The van der Waals surface area contributed by atoms with Crippen molar-refractivity contribution in [2.75, 3.05) is 20.2 Å². The summed E-state index contributed by atoms with van der Waals surface area (Å²) in [4.78, 5) is 13.7. The van der Waals surface area contributed by atoms with Crippen molar-refractivity contribution in [1.29, 1.82) is 0 Å². The van der Waals surface area contributed by atoms with Crippen LogP contribution in [0.3, 0.4) is 0 Å². The van der Waals surface area contributed by atoms with Gasteiger partial charge in [-0.2, -0.15) is 0 Å². The third-order valence-electron chi connectivity index (χ3n) is 3.43. The predicted octanol–water partition coefficient (Wildman–Crippen LogP) is 3.43. The number of hydrogen-bond acceptors (Lipinski definition) is 4. The first kappa shape index (κ1) is 16.2. The van der Waals surface area contributed by atoms with Crippen LogP contribution in [0, 0.1) is 0 Å². The molecule has 2 rings (SSSR count). The highest BCUT2D eigenvalue weighted by Gasteiger charge is 2.24. The minimum atomic E-state index is -0.494. The number of carbonyl (C=O) groups is 1. The van der Waals surface area contributed by atoms with Gasteiger partial charge in [0.25, 0.3) is 0 Å². The minimum Gasteiger partial charge on any atom is -0.504 e. The van der Waals surface area contributed by atoms with Gasteiger partial charge in [0.05, 0.1) is 7.11 Å². The monoisotopic (exact) mass is 305 g/mol. The first-order valence-electron chi connectivity index (χ1n) is 7.35. The summed E-state index contributed by atoms with van der Waals surface area (Å²) in [6.45, 7) is 6.59. The second-order valence-corrected chi connectivity index (χ2v) is 6.26. The van der Waals surface area contributed by atoms with E-state index in [0.717, 1.165) is 11.1 Å². The molecule has 0 radical (unpaired) electrons. The minimum absolute atomic E-state index is 0.141. The van der Waals surface area contributed by atoms with E-state index in [1.807, 2.05) is 39.0 Å². The molecule has 1 aromatic rings. The van der Waals surface area contributed by atoms with Crippen LogP contribution >= 0.6 is 0 Å². The predicted molar refractivity (Wildman–Crippen MR) is 85.1 cm³/mol. The molecule has 0 saturated carbocycles. The molecule has 1 N–H and O–H groups in total. The van der Waals surface area contributed by atoms with E-state index in [2.05, 4.69) is 0 Å². The average Bonchev–Trinajstić information content (AvgIpc) is 2.46. The molecule has 120 valence electrons. The van der Waals surface area contributed by atoms with Crippen LogP contribution in [0.5, 0.6) is 11.5 Å².